The fraction of sp³-hybridized carbons (Fsp3) is 1.00. The van der Waals surface area contributed by atoms with Crippen LogP contribution in [0.4, 0.5) is 0 Å². The summed E-state index contributed by atoms with van der Waals surface area (Å²) in [6.07, 6.45) is 3.95. The van der Waals surface area contributed by atoms with Gasteiger partial charge in [-0.2, -0.15) is 0 Å². The average Bonchev–Trinajstić information content (AvgIpc) is 2.39. The summed E-state index contributed by atoms with van der Waals surface area (Å²) in [7, 11) is 4.45. The smallest absolute Gasteiger partial charge is 0.0110 e. The first-order valence-electron chi connectivity index (χ1n) is 7.57. The van der Waals surface area contributed by atoms with Crippen LogP contribution < -0.4 is 5.32 Å². The van der Waals surface area contributed by atoms with Crippen LogP contribution in [0.15, 0.2) is 0 Å². The molecular formula is C14H30N4. The minimum Gasteiger partial charge on any atom is -0.314 e. The van der Waals surface area contributed by atoms with Gasteiger partial charge in [0.2, 0.25) is 0 Å². The topological polar surface area (TPSA) is 21.8 Å². The molecule has 2 fully saturated rings. The number of likely N-dealkylation sites (N-methyl/N-ethyl adjacent to an activating group) is 1. The van der Waals surface area contributed by atoms with Crippen molar-refractivity contribution in [2.45, 2.75) is 25.3 Å². The molecule has 4 nitrogen and oxygen atoms in total. The highest BCUT2D eigenvalue weighted by Crippen LogP contribution is 2.08. The minimum absolute atomic E-state index is 0.772. The third kappa shape index (κ3) is 4.84. The van der Waals surface area contributed by atoms with E-state index in [2.05, 4.69) is 34.1 Å². The Hall–Kier alpha value is -0.160. The fourth-order valence-corrected chi connectivity index (χ4v) is 2.89. The molecule has 1 N–H and O–H groups in total. The molecule has 0 atom stereocenters. The van der Waals surface area contributed by atoms with Gasteiger partial charge in [-0.05, 0) is 59.5 Å². The summed E-state index contributed by atoms with van der Waals surface area (Å²) >= 11 is 0. The van der Waals surface area contributed by atoms with Crippen LogP contribution in [0.2, 0.25) is 0 Å². The van der Waals surface area contributed by atoms with Gasteiger partial charge in [-0.25, -0.2) is 0 Å². The standard InChI is InChI=1S/C14H30N4/c1-16-8-4-14(5-9-16)15-6-3-7-18-12-10-17(2)11-13-18/h14-15H,3-13H2,1-2H3. The van der Waals surface area contributed by atoms with Crippen molar-refractivity contribution in [3.8, 4) is 0 Å². The number of piperazine rings is 1. The van der Waals surface area contributed by atoms with Gasteiger partial charge in [0.1, 0.15) is 0 Å². The molecule has 2 rings (SSSR count). The van der Waals surface area contributed by atoms with Gasteiger partial charge in [0.05, 0.1) is 0 Å². The van der Waals surface area contributed by atoms with Gasteiger partial charge in [-0.3, -0.25) is 0 Å². The molecule has 106 valence electrons. The predicted molar refractivity (Wildman–Crippen MR) is 77.1 cm³/mol. The fourth-order valence-electron chi connectivity index (χ4n) is 2.89. The van der Waals surface area contributed by atoms with Crippen LogP contribution in [0.25, 0.3) is 0 Å². The van der Waals surface area contributed by atoms with E-state index in [1.54, 1.807) is 0 Å². The van der Waals surface area contributed by atoms with Gasteiger partial charge < -0.3 is 20.0 Å². The van der Waals surface area contributed by atoms with Crippen LogP contribution in [-0.2, 0) is 0 Å². The highest BCUT2D eigenvalue weighted by Gasteiger charge is 2.16. The Kier molecular flexibility index (Phi) is 5.89. The van der Waals surface area contributed by atoms with E-state index < -0.39 is 0 Å². The Labute approximate surface area is 112 Å². The number of likely N-dealkylation sites (tertiary alicyclic amines) is 1. The third-order valence-corrected chi connectivity index (χ3v) is 4.40. The average molecular weight is 254 g/mol. The second-order valence-electron chi connectivity index (χ2n) is 6.03. The molecule has 0 unspecified atom stereocenters. The summed E-state index contributed by atoms with van der Waals surface area (Å²) in [5.74, 6) is 0. The van der Waals surface area contributed by atoms with Crippen molar-refractivity contribution in [2.75, 3.05) is 66.5 Å². The molecule has 2 heterocycles. The first-order chi connectivity index (χ1) is 8.74. The molecule has 0 aromatic rings. The van der Waals surface area contributed by atoms with E-state index >= 15 is 0 Å². The Morgan fingerprint density at radius 1 is 0.889 bits per heavy atom. The maximum Gasteiger partial charge on any atom is 0.0110 e. The summed E-state index contributed by atoms with van der Waals surface area (Å²) in [6.45, 7) is 9.97. The van der Waals surface area contributed by atoms with E-state index in [0.717, 1.165) is 6.04 Å². The number of hydrogen-bond acceptors (Lipinski definition) is 4. The lowest BCUT2D eigenvalue weighted by molar-refractivity contribution is 0.151. The van der Waals surface area contributed by atoms with Crippen LogP contribution in [0.5, 0.6) is 0 Å². The van der Waals surface area contributed by atoms with Crippen molar-refractivity contribution >= 4 is 0 Å². The zero-order valence-corrected chi connectivity index (χ0v) is 12.2. The van der Waals surface area contributed by atoms with Gasteiger partial charge in [-0.15, -0.1) is 0 Å². The molecule has 2 aliphatic rings. The third-order valence-electron chi connectivity index (χ3n) is 4.40. The SMILES string of the molecule is CN1CCC(NCCCN2CCN(C)CC2)CC1. The van der Waals surface area contributed by atoms with E-state index in [9.17, 15) is 0 Å². The maximum absolute atomic E-state index is 3.73. The molecule has 0 spiro atoms. The summed E-state index contributed by atoms with van der Waals surface area (Å²) in [5.41, 5.74) is 0. The van der Waals surface area contributed by atoms with E-state index in [-0.39, 0.29) is 0 Å². The Balaban J connectivity index is 1.48. The van der Waals surface area contributed by atoms with Crippen LogP contribution in [-0.4, -0.2) is 87.2 Å². The van der Waals surface area contributed by atoms with Crippen molar-refractivity contribution in [1.82, 2.24) is 20.0 Å². The minimum atomic E-state index is 0.772. The monoisotopic (exact) mass is 254 g/mol. The summed E-state index contributed by atoms with van der Waals surface area (Å²) in [5, 5.41) is 3.73. The number of hydrogen-bond donors (Lipinski definition) is 1. The summed E-state index contributed by atoms with van der Waals surface area (Å²) < 4.78 is 0. The van der Waals surface area contributed by atoms with Gasteiger partial charge in [0.15, 0.2) is 0 Å². The summed E-state index contributed by atoms with van der Waals surface area (Å²) in [6, 6.07) is 0.772. The van der Waals surface area contributed by atoms with E-state index in [1.807, 2.05) is 0 Å². The van der Waals surface area contributed by atoms with Gasteiger partial charge in [0.25, 0.3) is 0 Å². The van der Waals surface area contributed by atoms with Crippen LogP contribution in [0.1, 0.15) is 19.3 Å². The molecule has 2 saturated heterocycles. The van der Waals surface area contributed by atoms with Gasteiger partial charge in [-0.1, -0.05) is 0 Å². The largest absolute Gasteiger partial charge is 0.314 e. The number of nitrogens with zero attached hydrogens (tertiary/aromatic N) is 3. The molecule has 0 aliphatic carbocycles. The highest BCUT2D eigenvalue weighted by molar-refractivity contribution is 4.76. The molecule has 0 aromatic heterocycles. The van der Waals surface area contributed by atoms with Crippen molar-refractivity contribution in [1.29, 1.82) is 0 Å². The molecule has 0 aromatic carbocycles. The van der Waals surface area contributed by atoms with Gasteiger partial charge in [0, 0.05) is 32.2 Å². The zero-order chi connectivity index (χ0) is 12.8. The molecule has 4 heteroatoms. The second kappa shape index (κ2) is 7.43. The molecule has 2 aliphatic heterocycles. The molecule has 0 amide bonds. The second-order valence-corrected chi connectivity index (χ2v) is 6.03. The van der Waals surface area contributed by atoms with Crippen molar-refractivity contribution in [3.63, 3.8) is 0 Å². The number of nitrogens with one attached hydrogen (secondary N) is 1. The van der Waals surface area contributed by atoms with Crippen LogP contribution in [0, 0.1) is 0 Å². The van der Waals surface area contributed by atoms with Crippen LogP contribution in [0.3, 0.4) is 0 Å². The maximum atomic E-state index is 3.73. The van der Waals surface area contributed by atoms with Crippen LogP contribution >= 0.6 is 0 Å². The van der Waals surface area contributed by atoms with Crippen molar-refractivity contribution < 1.29 is 0 Å². The van der Waals surface area contributed by atoms with Crippen molar-refractivity contribution in [3.05, 3.63) is 0 Å². The molecule has 0 saturated carbocycles. The summed E-state index contributed by atoms with van der Waals surface area (Å²) in [4.78, 5) is 7.46. The Bertz CT molecular complexity index is 194. The first-order valence-corrected chi connectivity index (χ1v) is 7.57. The Morgan fingerprint density at radius 3 is 2.17 bits per heavy atom. The van der Waals surface area contributed by atoms with E-state index in [4.69, 9.17) is 0 Å². The number of rotatable bonds is 5. The van der Waals surface area contributed by atoms with Gasteiger partial charge >= 0.3 is 0 Å². The lowest BCUT2D eigenvalue weighted by atomic mass is 10.1. The quantitative estimate of drug-likeness (QED) is 0.713. The molecule has 0 radical (unpaired) electrons. The lowest BCUT2D eigenvalue weighted by Gasteiger charge is -2.33. The predicted octanol–water partition coefficient (Wildman–Crippen LogP) is 0.308. The first kappa shape index (κ1) is 14.3. The normalized spacial score (nSPS) is 25.7. The molecule has 18 heavy (non-hydrogen) atoms. The van der Waals surface area contributed by atoms with E-state index in [1.165, 1.54) is 71.6 Å². The van der Waals surface area contributed by atoms with Crippen molar-refractivity contribution in [2.24, 2.45) is 0 Å². The Morgan fingerprint density at radius 2 is 1.50 bits per heavy atom. The zero-order valence-electron chi connectivity index (χ0n) is 12.2. The molecule has 0 bridgehead atoms. The van der Waals surface area contributed by atoms with E-state index in [0.29, 0.717) is 0 Å². The highest BCUT2D eigenvalue weighted by atomic mass is 15.2. The number of piperidine rings is 1. The molecular weight excluding hydrogens is 224 g/mol. The lowest BCUT2D eigenvalue weighted by Crippen LogP contribution is -2.45.